The second-order valence-electron chi connectivity index (χ2n) is 8.46. The first-order valence-electron chi connectivity index (χ1n) is 10.8. The molecule has 0 bridgehead atoms. The first kappa shape index (κ1) is 16.4. The summed E-state index contributed by atoms with van der Waals surface area (Å²) in [6.45, 7) is 0. The Kier molecular flexibility index (Phi) is 2.81. The van der Waals surface area contributed by atoms with Crippen LogP contribution >= 0.6 is 0 Å². The largest absolute Gasteiger partial charge is 0.456 e. The molecule has 0 saturated heterocycles. The van der Waals surface area contributed by atoms with Gasteiger partial charge in [0.25, 0.3) is 5.82 Å². The van der Waals surface area contributed by atoms with Crippen molar-refractivity contribution < 1.29 is 13.4 Å². The topological polar surface area (TPSA) is 35.1 Å². The summed E-state index contributed by atoms with van der Waals surface area (Å²) in [7, 11) is 2.13. The highest BCUT2D eigenvalue weighted by molar-refractivity contribution is 6.22. The Morgan fingerprint density at radius 1 is 0.625 bits per heavy atom. The smallest absolute Gasteiger partial charge is 0.287 e. The summed E-state index contributed by atoms with van der Waals surface area (Å²) >= 11 is 0. The van der Waals surface area contributed by atoms with Crippen LogP contribution in [0.3, 0.4) is 0 Å². The van der Waals surface area contributed by atoms with Crippen LogP contribution in [0.2, 0.25) is 0 Å². The fourth-order valence-electron chi connectivity index (χ4n) is 5.49. The molecule has 4 heteroatoms. The van der Waals surface area contributed by atoms with Gasteiger partial charge in [0.15, 0.2) is 0 Å². The number of para-hydroxylation sites is 1. The van der Waals surface area contributed by atoms with E-state index in [0.717, 1.165) is 55.5 Å². The molecular formula is C28H17N2O2+. The van der Waals surface area contributed by atoms with E-state index in [4.69, 9.17) is 8.83 Å². The van der Waals surface area contributed by atoms with Gasteiger partial charge in [-0.05, 0) is 42.5 Å². The summed E-state index contributed by atoms with van der Waals surface area (Å²) in [6, 6.07) is 29.4. The van der Waals surface area contributed by atoms with Crippen molar-refractivity contribution in [1.29, 1.82) is 0 Å². The van der Waals surface area contributed by atoms with E-state index in [1.54, 1.807) is 0 Å². The number of fused-ring (bicyclic) bond motifs is 1. The zero-order chi connectivity index (χ0) is 21.0. The molecule has 0 atom stereocenters. The normalized spacial score (nSPS) is 12.5. The van der Waals surface area contributed by atoms with Gasteiger partial charge in [-0.3, -0.25) is 0 Å². The number of pyridine rings is 1. The molecule has 0 radical (unpaired) electrons. The Labute approximate surface area is 182 Å². The molecule has 0 fully saturated rings. The lowest BCUT2D eigenvalue weighted by Gasteiger charge is -2.20. The van der Waals surface area contributed by atoms with Crippen molar-refractivity contribution in [3.63, 3.8) is 0 Å². The number of aryl methyl sites for hydroxylation is 1. The van der Waals surface area contributed by atoms with Crippen molar-refractivity contribution in [1.82, 2.24) is 4.57 Å². The summed E-state index contributed by atoms with van der Waals surface area (Å²) in [4.78, 5) is 0. The van der Waals surface area contributed by atoms with Gasteiger partial charge < -0.3 is 8.83 Å². The van der Waals surface area contributed by atoms with E-state index in [0.29, 0.717) is 0 Å². The zero-order valence-electron chi connectivity index (χ0n) is 17.3. The predicted octanol–water partition coefficient (Wildman–Crippen LogP) is 6.80. The second kappa shape index (κ2) is 5.48. The molecule has 4 heterocycles. The SMILES string of the molecule is Cn1c(-[n+]2c3cccc4oc5cccc6oc7cccc2c7c(c43)-c56)cc2ccccc21. The average Bonchev–Trinajstić information content (AvgIpc) is 3.15. The van der Waals surface area contributed by atoms with Crippen LogP contribution in [0.5, 0.6) is 0 Å². The molecule has 0 spiro atoms. The van der Waals surface area contributed by atoms with Gasteiger partial charge in [0.1, 0.15) is 38.9 Å². The van der Waals surface area contributed by atoms with Crippen LogP contribution in [0.1, 0.15) is 0 Å². The van der Waals surface area contributed by atoms with Gasteiger partial charge in [-0.15, -0.1) is 0 Å². The lowest BCUT2D eigenvalue weighted by atomic mass is 9.92. The second-order valence-corrected chi connectivity index (χ2v) is 8.46. The van der Waals surface area contributed by atoms with Crippen LogP contribution in [0.25, 0.3) is 72.0 Å². The minimum atomic E-state index is 0.848. The highest BCUT2D eigenvalue weighted by Gasteiger charge is 2.30. The molecule has 32 heavy (non-hydrogen) atoms. The van der Waals surface area contributed by atoms with Gasteiger partial charge in [-0.1, -0.05) is 36.4 Å². The highest BCUT2D eigenvalue weighted by atomic mass is 16.3. The molecule has 0 saturated carbocycles. The quantitative estimate of drug-likeness (QED) is 0.169. The molecule has 2 aliphatic rings. The van der Waals surface area contributed by atoms with Crippen molar-refractivity contribution >= 4 is 55.0 Å². The third-order valence-electron chi connectivity index (χ3n) is 6.82. The van der Waals surface area contributed by atoms with E-state index in [9.17, 15) is 0 Å². The molecule has 2 aromatic heterocycles. The fourth-order valence-corrected chi connectivity index (χ4v) is 5.49. The Morgan fingerprint density at radius 3 is 1.88 bits per heavy atom. The lowest BCUT2D eigenvalue weighted by molar-refractivity contribution is -0.543. The van der Waals surface area contributed by atoms with Gasteiger partial charge in [-0.2, -0.15) is 4.57 Å². The third kappa shape index (κ3) is 1.82. The fraction of sp³-hybridized carbons (Fsp3) is 0.0357. The van der Waals surface area contributed by atoms with Gasteiger partial charge in [0, 0.05) is 17.0 Å². The maximum atomic E-state index is 6.39. The number of nitrogens with zero attached hydrogens (tertiary/aromatic N) is 2. The molecule has 8 rings (SSSR count). The lowest BCUT2D eigenvalue weighted by Crippen LogP contribution is -2.35. The summed E-state index contributed by atoms with van der Waals surface area (Å²) in [5, 5.41) is 3.47. The summed E-state index contributed by atoms with van der Waals surface area (Å²) in [5.74, 6) is 1.11. The number of hydrogen-bond acceptors (Lipinski definition) is 2. The first-order chi connectivity index (χ1) is 15.8. The molecular weight excluding hydrogens is 396 g/mol. The summed E-state index contributed by atoms with van der Waals surface area (Å²) < 4.78 is 17.4. The molecule has 2 aliphatic heterocycles. The van der Waals surface area contributed by atoms with Crippen molar-refractivity contribution in [2.24, 2.45) is 7.05 Å². The average molecular weight is 413 g/mol. The van der Waals surface area contributed by atoms with Crippen LogP contribution < -0.4 is 4.57 Å². The van der Waals surface area contributed by atoms with Gasteiger partial charge in [-0.25, -0.2) is 4.57 Å². The van der Waals surface area contributed by atoms with E-state index >= 15 is 0 Å². The van der Waals surface area contributed by atoms with Crippen LogP contribution in [-0.2, 0) is 7.05 Å². The Morgan fingerprint density at radius 2 is 1.22 bits per heavy atom. The monoisotopic (exact) mass is 413 g/mol. The number of benzene rings is 4. The summed E-state index contributed by atoms with van der Waals surface area (Å²) in [6.07, 6.45) is 0. The van der Waals surface area contributed by atoms with Crippen molar-refractivity contribution in [2.45, 2.75) is 0 Å². The number of aromatic nitrogens is 2. The molecule has 0 aliphatic carbocycles. The molecule has 0 N–H and O–H groups in total. The van der Waals surface area contributed by atoms with Crippen molar-refractivity contribution in [3.05, 3.63) is 84.9 Å². The van der Waals surface area contributed by atoms with Crippen LogP contribution in [0.4, 0.5) is 0 Å². The Bertz CT molecular complexity index is 1850. The Balaban J connectivity index is 1.71. The Hall–Kier alpha value is -4.31. The maximum absolute atomic E-state index is 6.39. The molecule has 6 aromatic rings. The first-order valence-corrected chi connectivity index (χ1v) is 10.8. The minimum Gasteiger partial charge on any atom is -0.456 e. The molecule has 4 nitrogen and oxygen atoms in total. The van der Waals surface area contributed by atoms with Gasteiger partial charge in [0.05, 0.1) is 23.4 Å². The number of rotatable bonds is 1. The molecule has 0 unspecified atom stereocenters. The van der Waals surface area contributed by atoms with E-state index in [2.05, 4.69) is 82.9 Å². The molecule has 150 valence electrons. The number of hydrogen-bond donors (Lipinski definition) is 0. The van der Waals surface area contributed by atoms with E-state index in [-0.39, 0.29) is 0 Å². The van der Waals surface area contributed by atoms with Crippen molar-refractivity contribution in [3.8, 4) is 16.9 Å². The minimum absolute atomic E-state index is 0.848. The van der Waals surface area contributed by atoms with Crippen molar-refractivity contribution in [2.75, 3.05) is 0 Å². The summed E-state index contributed by atoms with van der Waals surface area (Å²) in [5.41, 5.74) is 9.16. The van der Waals surface area contributed by atoms with Gasteiger partial charge >= 0.3 is 0 Å². The van der Waals surface area contributed by atoms with Crippen LogP contribution in [0, 0.1) is 0 Å². The molecule has 0 amide bonds. The van der Waals surface area contributed by atoms with Crippen LogP contribution in [0.15, 0.2) is 93.8 Å². The maximum Gasteiger partial charge on any atom is 0.287 e. The standard InChI is InChI=1S/C28H17N2O2/c1-29-17-8-3-2-7-16(17)15-24(29)30-18-9-4-11-20-25(18)28-26-19(30)10-5-12-21(26)32-23-14-6-13-22(31-20)27(23)28/h2-15H,1H3/q+1. The zero-order valence-corrected chi connectivity index (χ0v) is 17.3. The van der Waals surface area contributed by atoms with Crippen LogP contribution in [-0.4, -0.2) is 4.57 Å². The highest BCUT2D eigenvalue weighted by Crippen LogP contribution is 2.47. The van der Waals surface area contributed by atoms with E-state index < -0.39 is 0 Å². The van der Waals surface area contributed by atoms with E-state index in [1.807, 2.05) is 18.2 Å². The van der Waals surface area contributed by atoms with E-state index in [1.165, 1.54) is 16.5 Å². The van der Waals surface area contributed by atoms with Gasteiger partial charge in [0.2, 0.25) is 0 Å². The molecule has 4 aromatic carbocycles. The predicted molar refractivity (Wildman–Crippen MR) is 127 cm³/mol. The third-order valence-corrected chi connectivity index (χ3v) is 6.82.